The highest BCUT2D eigenvalue weighted by atomic mass is 35.5. The first kappa shape index (κ1) is 25.6. The van der Waals surface area contributed by atoms with Gasteiger partial charge in [0.05, 0.1) is 18.5 Å². The van der Waals surface area contributed by atoms with E-state index in [0.717, 1.165) is 6.08 Å². The second kappa shape index (κ2) is 9.68. The third kappa shape index (κ3) is 8.99. The van der Waals surface area contributed by atoms with Gasteiger partial charge in [0.2, 0.25) is 0 Å². The quantitative estimate of drug-likeness (QED) is 0.231. The Balaban J connectivity index is 5.43. The van der Waals surface area contributed by atoms with Gasteiger partial charge in [0.1, 0.15) is 0 Å². The minimum atomic E-state index is -3.68. The molecule has 0 fully saturated rings. The number of alkyl halides is 1. The van der Waals surface area contributed by atoms with Crippen LogP contribution < -0.4 is 0 Å². The van der Waals surface area contributed by atoms with Crippen molar-refractivity contribution in [1.29, 1.82) is 0 Å². The number of rotatable bonds is 11. The first-order valence-corrected chi connectivity index (χ1v) is 13.6. The van der Waals surface area contributed by atoms with E-state index in [0.29, 0.717) is 6.42 Å². The van der Waals surface area contributed by atoms with Crippen molar-refractivity contribution in [3.63, 3.8) is 0 Å². The van der Waals surface area contributed by atoms with E-state index in [2.05, 4.69) is 33.9 Å². The summed E-state index contributed by atoms with van der Waals surface area (Å²) in [6.45, 7) is 13.8. The second-order valence-corrected chi connectivity index (χ2v) is 15.4. The molecule has 0 rings (SSSR count). The van der Waals surface area contributed by atoms with E-state index < -0.39 is 35.9 Å². The van der Waals surface area contributed by atoms with Crippen LogP contribution in [0.25, 0.3) is 0 Å². The van der Waals surface area contributed by atoms with E-state index in [-0.39, 0.29) is 23.3 Å². The van der Waals surface area contributed by atoms with Crippen LogP contribution in [0.3, 0.4) is 0 Å². The number of hydrogen-bond donors (Lipinski definition) is 1. The molecule has 0 aromatic rings. The molecule has 0 saturated carbocycles. The molecule has 0 heterocycles. The summed E-state index contributed by atoms with van der Waals surface area (Å²) in [6.07, 6.45) is 2.22. The van der Waals surface area contributed by atoms with Crippen molar-refractivity contribution >= 4 is 36.0 Å². The van der Waals surface area contributed by atoms with Gasteiger partial charge in [-0.05, 0) is 30.6 Å². The minimum Gasteiger partial charge on any atom is -0.478 e. The average molecular weight is 429 g/mol. The zero-order chi connectivity index (χ0) is 20.8. The van der Waals surface area contributed by atoms with E-state index in [1.165, 1.54) is 6.08 Å². The van der Waals surface area contributed by atoms with Gasteiger partial charge in [-0.2, -0.15) is 8.42 Å². The maximum Gasteiger partial charge on any atom is 0.328 e. The Bertz CT molecular complexity index is 593. The molecule has 154 valence electrons. The molecule has 0 aromatic heterocycles. The number of carboxylic acid groups (broad SMARTS) is 1. The lowest BCUT2D eigenvalue weighted by Crippen LogP contribution is -2.48. The van der Waals surface area contributed by atoms with Crippen molar-refractivity contribution in [1.82, 2.24) is 0 Å². The van der Waals surface area contributed by atoms with Crippen LogP contribution in [0.15, 0.2) is 12.2 Å². The molecule has 1 N–H and O–H groups in total. The second-order valence-electron chi connectivity index (χ2n) is 8.55. The summed E-state index contributed by atoms with van der Waals surface area (Å²) in [6, 6.07) is 0. The number of aliphatic carboxylic acids is 1. The summed E-state index contributed by atoms with van der Waals surface area (Å²) < 4.78 is 35.4. The van der Waals surface area contributed by atoms with Crippen LogP contribution in [0.2, 0.25) is 18.1 Å². The third-order valence-electron chi connectivity index (χ3n) is 4.55. The van der Waals surface area contributed by atoms with Crippen molar-refractivity contribution in [2.45, 2.75) is 65.3 Å². The molecule has 1 atom stereocenters. The first-order chi connectivity index (χ1) is 11.5. The Hall–Kier alpha value is -0.413. The highest BCUT2D eigenvalue weighted by Gasteiger charge is 2.42. The van der Waals surface area contributed by atoms with E-state index in [1.54, 1.807) is 13.8 Å². The molecule has 26 heavy (non-hydrogen) atoms. The lowest BCUT2D eigenvalue weighted by Gasteiger charge is -2.43. The maximum absolute atomic E-state index is 11.9. The Morgan fingerprint density at radius 2 is 1.77 bits per heavy atom. The van der Waals surface area contributed by atoms with Crippen molar-refractivity contribution in [3.05, 3.63) is 12.2 Å². The fraction of sp³-hybridized carbons (Fsp3) is 0.824. The minimum absolute atomic E-state index is 0.0777. The zero-order valence-corrected chi connectivity index (χ0v) is 19.4. The third-order valence-corrected chi connectivity index (χ3v) is 10.5. The van der Waals surface area contributed by atoms with Gasteiger partial charge in [0.25, 0.3) is 10.1 Å². The van der Waals surface area contributed by atoms with Crippen LogP contribution in [-0.2, 0) is 23.5 Å². The molecule has 0 aliphatic carbocycles. The normalized spacial score (nSPS) is 15.4. The van der Waals surface area contributed by atoms with Gasteiger partial charge in [-0.3, -0.25) is 4.18 Å². The summed E-state index contributed by atoms with van der Waals surface area (Å²) in [4.78, 5) is 11.0. The molecule has 0 unspecified atom stereocenters. The van der Waals surface area contributed by atoms with Gasteiger partial charge in [-0.15, -0.1) is 11.6 Å². The summed E-state index contributed by atoms with van der Waals surface area (Å²) >= 11 is 5.53. The Kier molecular flexibility index (Phi) is 9.53. The van der Waals surface area contributed by atoms with Crippen LogP contribution >= 0.6 is 11.6 Å². The topological polar surface area (TPSA) is 89.9 Å². The van der Waals surface area contributed by atoms with Crippen LogP contribution in [0, 0.1) is 5.41 Å². The van der Waals surface area contributed by atoms with Crippen LogP contribution in [0.5, 0.6) is 0 Å². The fourth-order valence-electron chi connectivity index (χ4n) is 1.74. The van der Waals surface area contributed by atoms with Crippen LogP contribution in [-0.4, -0.2) is 52.2 Å². The molecule has 0 aliphatic rings. The van der Waals surface area contributed by atoms with Crippen molar-refractivity contribution < 1.29 is 26.9 Å². The highest BCUT2D eigenvalue weighted by Crippen LogP contribution is 2.40. The molecular weight excluding hydrogens is 396 g/mol. The van der Waals surface area contributed by atoms with Crippen molar-refractivity contribution in [3.8, 4) is 0 Å². The SMILES string of the molecule is CC(C)(COS(=O)(=O)CCCCl)[C@H](/C=C/C(=O)O)O[Si](C)(C)C(C)(C)C. The molecule has 0 aliphatic heterocycles. The van der Waals surface area contributed by atoms with Gasteiger partial charge >= 0.3 is 5.97 Å². The molecule has 0 amide bonds. The molecule has 0 radical (unpaired) electrons. The predicted octanol–water partition coefficient (Wildman–Crippen LogP) is 4.02. The molecule has 9 heteroatoms. The average Bonchev–Trinajstić information content (AvgIpc) is 2.46. The van der Waals surface area contributed by atoms with Gasteiger partial charge in [0, 0.05) is 17.4 Å². The Labute approximate surface area is 164 Å². The monoisotopic (exact) mass is 428 g/mol. The maximum atomic E-state index is 11.9. The van der Waals surface area contributed by atoms with E-state index in [1.807, 2.05) is 0 Å². The van der Waals surface area contributed by atoms with Gasteiger partial charge in [0.15, 0.2) is 8.32 Å². The molecule has 0 bridgehead atoms. The lowest BCUT2D eigenvalue weighted by atomic mass is 9.87. The van der Waals surface area contributed by atoms with E-state index in [9.17, 15) is 13.2 Å². The number of carboxylic acids is 1. The smallest absolute Gasteiger partial charge is 0.328 e. The molecule has 0 saturated heterocycles. The summed E-state index contributed by atoms with van der Waals surface area (Å²) in [5.41, 5.74) is -0.741. The lowest BCUT2D eigenvalue weighted by molar-refractivity contribution is -0.131. The van der Waals surface area contributed by atoms with Crippen LogP contribution in [0.1, 0.15) is 41.0 Å². The number of carbonyl (C=O) groups is 1. The van der Waals surface area contributed by atoms with E-state index in [4.69, 9.17) is 25.3 Å². The predicted molar refractivity (Wildman–Crippen MR) is 108 cm³/mol. The fourth-order valence-corrected chi connectivity index (χ4v) is 4.51. The van der Waals surface area contributed by atoms with Gasteiger partial charge in [-0.25, -0.2) is 4.79 Å². The summed E-state index contributed by atoms with van der Waals surface area (Å²) in [7, 11) is -5.90. The van der Waals surface area contributed by atoms with Crippen molar-refractivity contribution in [2.75, 3.05) is 18.2 Å². The zero-order valence-electron chi connectivity index (χ0n) is 16.8. The molecule has 6 nitrogen and oxygen atoms in total. The van der Waals surface area contributed by atoms with Crippen molar-refractivity contribution in [2.24, 2.45) is 5.41 Å². The standard InChI is InChI=1S/C17H33ClO6SSi/c1-16(2,3)26(6,7)24-14(9-10-15(19)20)17(4,5)13-23-25(21,22)12-8-11-18/h9-10,14H,8,11-13H2,1-7H3,(H,19,20)/b10-9+/t14-/m0/s1. The highest BCUT2D eigenvalue weighted by molar-refractivity contribution is 7.86. The molecular formula is C17H33ClO6SSi. The summed E-state index contributed by atoms with van der Waals surface area (Å²) in [5.74, 6) is -0.990. The van der Waals surface area contributed by atoms with Crippen LogP contribution in [0.4, 0.5) is 0 Å². The number of halogens is 1. The summed E-state index contributed by atoms with van der Waals surface area (Å²) in [5, 5.41) is 8.89. The molecule has 0 aromatic carbocycles. The molecule has 0 spiro atoms. The Morgan fingerprint density at radius 1 is 1.23 bits per heavy atom. The Morgan fingerprint density at radius 3 is 2.19 bits per heavy atom. The number of hydrogen-bond acceptors (Lipinski definition) is 5. The van der Waals surface area contributed by atoms with Gasteiger partial charge < -0.3 is 9.53 Å². The van der Waals surface area contributed by atoms with Gasteiger partial charge in [-0.1, -0.05) is 34.6 Å². The first-order valence-electron chi connectivity index (χ1n) is 8.56. The van der Waals surface area contributed by atoms with E-state index >= 15 is 0 Å². The largest absolute Gasteiger partial charge is 0.478 e.